The first-order chi connectivity index (χ1) is 13.4. The number of hydrogen-bond donors (Lipinski definition) is 1. The first-order valence-corrected chi connectivity index (χ1v) is 9.34. The van der Waals surface area contributed by atoms with Crippen molar-refractivity contribution in [3.63, 3.8) is 0 Å². The van der Waals surface area contributed by atoms with Gasteiger partial charge in [-0.1, -0.05) is 35.4 Å². The summed E-state index contributed by atoms with van der Waals surface area (Å²) in [5.74, 6) is 0.348. The molecule has 1 aromatic heterocycles. The van der Waals surface area contributed by atoms with Gasteiger partial charge in [-0.15, -0.1) is 0 Å². The van der Waals surface area contributed by atoms with Crippen molar-refractivity contribution < 1.29 is 9.21 Å². The minimum atomic E-state index is -0.223. The van der Waals surface area contributed by atoms with Crippen LogP contribution in [0.3, 0.4) is 0 Å². The molecule has 3 aromatic carbocycles. The number of benzene rings is 3. The Balaban J connectivity index is 1.62. The molecule has 4 rings (SSSR count). The lowest BCUT2D eigenvalue weighted by Crippen LogP contribution is -2.11. The average molecular weight is 391 g/mol. The van der Waals surface area contributed by atoms with Gasteiger partial charge in [0.05, 0.1) is 0 Å². The Labute approximate surface area is 168 Å². The molecule has 5 heteroatoms. The molecule has 0 unspecified atom stereocenters. The minimum Gasteiger partial charge on any atom is -0.436 e. The van der Waals surface area contributed by atoms with Crippen LogP contribution in [-0.4, -0.2) is 10.9 Å². The number of halogens is 1. The van der Waals surface area contributed by atoms with E-state index in [9.17, 15) is 4.79 Å². The summed E-state index contributed by atoms with van der Waals surface area (Å²) in [6.07, 6.45) is 0. The second-order valence-corrected chi connectivity index (χ2v) is 7.35. The van der Waals surface area contributed by atoms with Gasteiger partial charge >= 0.3 is 0 Å². The molecule has 0 bridgehead atoms. The number of anilines is 1. The van der Waals surface area contributed by atoms with Crippen molar-refractivity contribution in [3.8, 4) is 11.5 Å². The van der Waals surface area contributed by atoms with Crippen LogP contribution in [0.2, 0.25) is 5.02 Å². The van der Waals surface area contributed by atoms with E-state index < -0.39 is 0 Å². The van der Waals surface area contributed by atoms with E-state index in [0.717, 1.165) is 16.7 Å². The minimum absolute atomic E-state index is 0.223. The van der Waals surface area contributed by atoms with E-state index in [1.54, 1.807) is 24.3 Å². The summed E-state index contributed by atoms with van der Waals surface area (Å²) in [7, 11) is 0. The Morgan fingerprint density at radius 2 is 1.79 bits per heavy atom. The summed E-state index contributed by atoms with van der Waals surface area (Å²) in [6.45, 7) is 5.99. The molecule has 28 heavy (non-hydrogen) atoms. The zero-order valence-electron chi connectivity index (χ0n) is 15.8. The van der Waals surface area contributed by atoms with Gasteiger partial charge in [0.1, 0.15) is 5.52 Å². The summed E-state index contributed by atoms with van der Waals surface area (Å²) in [6, 6.07) is 16.8. The number of amides is 1. The van der Waals surface area contributed by atoms with E-state index in [1.807, 2.05) is 38.1 Å². The lowest BCUT2D eigenvalue weighted by Gasteiger charge is -2.06. The third kappa shape index (κ3) is 3.51. The Morgan fingerprint density at radius 1 is 0.964 bits per heavy atom. The number of carbonyl (C=O) groups is 1. The van der Waals surface area contributed by atoms with Crippen LogP contribution < -0.4 is 5.32 Å². The highest BCUT2D eigenvalue weighted by Crippen LogP contribution is 2.29. The fourth-order valence-corrected chi connectivity index (χ4v) is 3.29. The van der Waals surface area contributed by atoms with Crippen molar-refractivity contribution in [3.05, 3.63) is 81.9 Å². The predicted molar refractivity (Wildman–Crippen MR) is 113 cm³/mol. The first kappa shape index (κ1) is 18.3. The third-order valence-corrected chi connectivity index (χ3v) is 5.10. The standard InChI is InChI=1S/C23H19ClN2O2/c1-13-4-8-18(15(3)10-13)23-26-20-12-17(7-9-21(20)28-23)25-22(27)16-6-5-14(2)19(24)11-16/h4-12H,1-3H3,(H,25,27). The zero-order chi connectivity index (χ0) is 19.8. The number of oxazole rings is 1. The quantitative estimate of drug-likeness (QED) is 0.445. The Morgan fingerprint density at radius 3 is 2.54 bits per heavy atom. The second kappa shape index (κ2) is 7.13. The van der Waals surface area contributed by atoms with Crippen LogP contribution in [0.1, 0.15) is 27.0 Å². The lowest BCUT2D eigenvalue weighted by molar-refractivity contribution is 0.102. The number of nitrogens with zero attached hydrogens (tertiary/aromatic N) is 1. The van der Waals surface area contributed by atoms with Crippen LogP contribution in [0.15, 0.2) is 59.0 Å². The van der Waals surface area contributed by atoms with Crippen molar-refractivity contribution in [2.75, 3.05) is 5.32 Å². The maximum absolute atomic E-state index is 12.5. The SMILES string of the molecule is Cc1ccc(-c2nc3cc(NC(=O)c4ccc(C)c(Cl)c4)ccc3o2)c(C)c1. The van der Waals surface area contributed by atoms with Crippen LogP contribution in [-0.2, 0) is 0 Å². The smallest absolute Gasteiger partial charge is 0.255 e. The highest BCUT2D eigenvalue weighted by atomic mass is 35.5. The van der Waals surface area contributed by atoms with Crippen LogP contribution >= 0.6 is 11.6 Å². The van der Waals surface area contributed by atoms with Gasteiger partial charge in [-0.2, -0.15) is 0 Å². The molecule has 1 amide bonds. The Bertz CT molecular complexity index is 1210. The first-order valence-electron chi connectivity index (χ1n) is 8.96. The van der Waals surface area contributed by atoms with Gasteiger partial charge in [0.25, 0.3) is 5.91 Å². The Hall–Kier alpha value is -3.11. The number of fused-ring (bicyclic) bond motifs is 1. The summed E-state index contributed by atoms with van der Waals surface area (Å²) in [4.78, 5) is 17.1. The zero-order valence-corrected chi connectivity index (χ0v) is 16.6. The van der Waals surface area contributed by atoms with Gasteiger partial charge in [0, 0.05) is 21.8 Å². The molecule has 0 saturated heterocycles. The molecule has 0 radical (unpaired) electrons. The van der Waals surface area contributed by atoms with Gasteiger partial charge in [0.2, 0.25) is 5.89 Å². The maximum atomic E-state index is 12.5. The number of hydrogen-bond acceptors (Lipinski definition) is 3. The van der Waals surface area contributed by atoms with Crippen molar-refractivity contribution in [2.45, 2.75) is 20.8 Å². The van der Waals surface area contributed by atoms with Crippen molar-refractivity contribution in [2.24, 2.45) is 0 Å². The fraction of sp³-hybridized carbons (Fsp3) is 0.130. The van der Waals surface area contributed by atoms with Crippen molar-refractivity contribution in [1.82, 2.24) is 4.98 Å². The molecule has 0 atom stereocenters. The molecule has 0 aliphatic heterocycles. The molecule has 1 N–H and O–H groups in total. The van der Waals surface area contributed by atoms with Gasteiger partial charge in [-0.3, -0.25) is 4.79 Å². The van der Waals surface area contributed by atoms with Gasteiger partial charge in [-0.25, -0.2) is 4.98 Å². The topological polar surface area (TPSA) is 55.1 Å². The fourth-order valence-electron chi connectivity index (χ4n) is 3.11. The summed E-state index contributed by atoms with van der Waals surface area (Å²) in [5.41, 5.74) is 6.71. The van der Waals surface area contributed by atoms with Crippen molar-refractivity contribution >= 4 is 34.3 Å². The number of carbonyl (C=O) groups excluding carboxylic acids is 1. The van der Waals surface area contributed by atoms with E-state index >= 15 is 0 Å². The van der Waals surface area contributed by atoms with Crippen molar-refractivity contribution in [1.29, 1.82) is 0 Å². The van der Waals surface area contributed by atoms with E-state index in [1.165, 1.54) is 5.56 Å². The predicted octanol–water partition coefficient (Wildman–Crippen LogP) is 6.33. The molecule has 140 valence electrons. The third-order valence-electron chi connectivity index (χ3n) is 4.69. The van der Waals surface area contributed by atoms with Crippen LogP contribution in [0.4, 0.5) is 5.69 Å². The summed E-state index contributed by atoms with van der Waals surface area (Å²) in [5, 5.41) is 3.45. The second-order valence-electron chi connectivity index (χ2n) is 6.94. The number of rotatable bonds is 3. The Kier molecular flexibility index (Phi) is 4.65. The van der Waals surface area contributed by atoms with Crippen LogP contribution in [0.5, 0.6) is 0 Å². The number of aromatic nitrogens is 1. The average Bonchev–Trinajstić information content (AvgIpc) is 3.06. The summed E-state index contributed by atoms with van der Waals surface area (Å²) >= 11 is 6.12. The molecule has 0 aliphatic rings. The maximum Gasteiger partial charge on any atom is 0.255 e. The molecule has 0 spiro atoms. The van der Waals surface area contributed by atoms with E-state index in [2.05, 4.69) is 23.3 Å². The molecule has 0 saturated carbocycles. The molecule has 1 heterocycles. The molecule has 0 fully saturated rings. The molecule has 4 nitrogen and oxygen atoms in total. The molecular weight excluding hydrogens is 372 g/mol. The summed E-state index contributed by atoms with van der Waals surface area (Å²) < 4.78 is 5.91. The highest BCUT2D eigenvalue weighted by Gasteiger charge is 2.13. The largest absolute Gasteiger partial charge is 0.436 e. The number of nitrogens with one attached hydrogen (secondary N) is 1. The molecular formula is C23H19ClN2O2. The normalized spacial score (nSPS) is 11.0. The van der Waals surface area contributed by atoms with Crippen LogP contribution in [0.25, 0.3) is 22.6 Å². The van der Waals surface area contributed by atoms with Crippen LogP contribution in [0, 0.1) is 20.8 Å². The monoisotopic (exact) mass is 390 g/mol. The molecule has 4 aromatic rings. The van der Waals surface area contributed by atoms with Gasteiger partial charge in [-0.05, 0) is 68.3 Å². The highest BCUT2D eigenvalue weighted by molar-refractivity contribution is 6.31. The van der Waals surface area contributed by atoms with Gasteiger partial charge < -0.3 is 9.73 Å². The van der Waals surface area contributed by atoms with E-state index in [0.29, 0.717) is 33.3 Å². The lowest BCUT2D eigenvalue weighted by atomic mass is 10.1. The number of aryl methyl sites for hydroxylation is 3. The van der Waals surface area contributed by atoms with E-state index in [-0.39, 0.29) is 5.91 Å². The van der Waals surface area contributed by atoms with E-state index in [4.69, 9.17) is 16.0 Å². The van der Waals surface area contributed by atoms with Gasteiger partial charge in [0.15, 0.2) is 5.58 Å². The molecule has 0 aliphatic carbocycles.